The largest absolute Gasteiger partial charge is 0.481 e. The van der Waals surface area contributed by atoms with Crippen molar-refractivity contribution in [2.75, 3.05) is 7.05 Å². The lowest BCUT2D eigenvalue weighted by Crippen LogP contribution is -2.45. The molecule has 4 nitrogen and oxygen atoms in total. The topological polar surface area (TPSA) is 57.6 Å². The van der Waals surface area contributed by atoms with Gasteiger partial charge in [0.2, 0.25) is 5.91 Å². The smallest absolute Gasteiger partial charge is 0.310 e. The molecule has 0 saturated heterocycles. The molecule has 1 amide bonds. The molecule has 1 aliphatic rings. The van der Waals surface area contributed by atoms with Gasteiger partial charge in [0.1, 0.15) is 0 Å². The van der Waals surface area contributed by atoms with Crippen LogP contribution in [-0.4, -0.2) is 35.0 Å². The lowest BCUT2D eigenvalue weighted by atomic mass is 9.66. The van der Waals surface area contributed by atoms with Crippen LogP contribution in [0.25, 0.3) is 0 Å². The average Bonchev–Trinajstić information content (AvgIpc) is 2.48. The van der Waals surface area contributed by atoms with Crippen LogP contribution in [0.3, 0.4) is 0 Å². The highest BCUT2D eigenvalue weighted by Gasteiger charge is 2.46. The van der Waals surface area contributed by atoms with E-state index in [4.69, 9.17) is 11.6 Å². The van der Waals surface area contributed by atoms with Crippen molar-refractivity contribution in [2.24, 2.45) is 5.41 Å². The van der Waals surface area contributed by atoms with E-state index in [1.54, 1.807) is 11.9 Å². The molecule has 2 atom stereocenters. The van der Waals surface area contributed by atoms with Crippen molar-refractivity contribution in [1.82, 2.24) is 4.90 Å². The Hall–Kier alpha value is -1.55. The van der Waals surface area contributed by atoms with Crippen LogP contribution in [0, 0.1) is 5.41 Å². The number of carboxylic acid groups (broad SMARTS) is 1. The maximum atomic E-state index is 12.5. The van der Waals surface area contributed by atoms with E-state index in [1.165, 1.54) is 0 Å². The van der Waals surface area contributed by atoms with Crippen LogP contribution in [0.15, 0.2) is 24.3 Å². The van der Waals surface area contributed by atoms with Crippen molar-refractivity contribution in [3.63, 3.8) is 0 Å². The van der Waals surface area contributed by atoms with Gasteiger partial charge in [0, 0.05) is 30.5 Å². The molecule has 0 radical (unpaired) electrons. The number of carbonyl (C=O) groups excluding carboxylic acids is 1. The lowest BCUT2D eigenvalue weighted by Gasteiger charge is -2.39. The second-order valence-corrected chi connectivity index (χ2v) is 7.14. The van der Waals surface area contributed by atoms with Gasteiger partial charge in [-0.05, 0) is 37.5 Å². The first kappa shape index (κ1) is 17.8. The summed E-state index contributed by atoms with van der Waals surface area (Å²) in [5, 5.41) is 10.1. The number of halogens is 1. The van der Waals surface area contributed by atoms with Crippen molar-refractivity contribution in [2.45, 2.75) is 51.5 Å². The molecule has 2 unspecified atom stereocenters. The van der Waals surface area contributed by atoms with Gasteiger partial charge in [0.25, 0.3) is 0 Å². The molecule has 1 saturated carbocycles. The number of amides is 1. The zero-order valence-electron chi connectivity index (χ0n) is 13.9. The van der Waals surface area contributed by atoms with Crippen molar-refractivity contribution >= 4 is 23.5 Å². The van der Waals surface area contributed by atoms with Crippen LogP contribution in [-0.2, 0) is 9.59 Å². The highest BCUT2D eigenvalue weighted by molar-refractivity contribution is 6.30. The fourth-order valence-electron chi connectivity index (χ4n) is 3.09. The summed E-state index contributed by atoms with van der Waals surface area (Å²) in [4.78, 5) is 25.6. The first-order valence-corrected chi connectivity index (χ1v) is 8.39. The zero-order valence-corrected chi connectivity index (χ0v) is 14.6. The lowest BCUT2D eigenvalue weighted by molar-refractivity contribution is -0.159. The number of carboxylic acids is 1. The first-order chi connectivity index (χ1) is 10.8. The summed E-state index contributed by atoms with van der Waals surface area (Å²) < 4.78 is 0. The van der Waals surface area contributed by atoms with Crippen LogP contribution < -0.4 is 0 Å². The molecule has 0 bridgehead atoms. The summed E-state index contributed by atoms with van der Waals surface area (Å²) in [6.45, 7) is 4.05. The molecule has 1 aliphatic carbocycles. The first-order valence-electron chi connectivity index (χ1n) is 8.01. The van der Waals surface area contributed by atoms with E-state index in [2.05, 4.69) is 6.92 Å². The van der Waals surface area contributed by atoms with Crippen molar-refractivity contribution < 1.29 is 14.7 Å². The summed E-state index contributed by atoms with van der Waals surface area (Å²) in [5.74, 6) is -0.798. The van der Waals surface area contributed by atoms with Crippen molar-refractivity contribution in [3.05, 3.63) is 34.9 Å². The molecule has 23 heavy (non-hydrogen) atoms. The summed E-state index contributed by atoms with van der Waals surface area (Å²) in [7, 11) is 1.76. The van der Waals surface area contributed by atoms with Crippen LogP contribution in [0.2, 0.25) is 5.02 Å². The van der Waals surface area contributed by atoms with E-state index >= 15 is 0 Å². The highest BCUT2D eigenvalue weighted by atomic mass is 35.5. The summed E-state index contributed by atoms with van der Waals surface area (Å²) in [5.41, 5.74) is 0.271. The fourth-order valence-corrected chi connectivity index (χ4v) is 3.22. The molecule has 1 aromatic carbocycles. The molecule has 1 N–H and O–H groups in total. The normalized spacial score (nSPS) is 18.6. The van der Waals surface area contributed by atoms with E-state index in [-0.39, 0.29) is 24.3 Å². The predicted molar refractivity (Wildman–Crippen MR) is 90.6 cm³/mol. The SMILES string of the molecule is CC(c1ccc(Cl)cc1)C(C)N(C)C(=O)CC1(C(=O)O)CCC1. The van der Waals surface area contributed by atoms with Gasteiger partial charge in [-0.1, -0.05) is 37.1 Å². The Labute approximate surface area is 142 Å². The van der Waals surface area contributed by atoms with Crippen LogP contribution >= 0.6 is 11.6 Å². The van der Waals surface area contributed by atoms with Crippen molar-refractivity contribution in [3.8, 4) is 0 Å². The minimum Gasteiger partial charge on any atom is -0.481 e. The van der Waals surface area contributed by atoms with Gasteiger partial charge in [0.05, 0.1) is 5.41 Å². The van der Waals surface area contributed by atoms with Gasteiger partial charge in [-0.25, -0.2) is 0 Å². The molecule has 1 aromatic rings. The van der Waals surface area contributed by atoms with Crippen LogP contribution in [0.5, 0.6) is 0 Å². The molecule has 0 spiro atoms. The quantitative estimate of drug-likeness (QED) is 0.855. The second kappa shape index (κ2) is 6.91. The minimum absolute atomic E-state index is 0.0189. The fraction of sp³-hybridized carbons (Fsp3) is 0.556. The van der Waals surface area contributed by atoms with E-state index in [9.17, 15) is 14.7 Å². The molecule has 0 aromatic heterocycles. The van der Waals surface area contributed by atoms with Crippen molar-refractivity contribution in [1.29, 1.82) is 0 Å². The Kier molecular flexibility index (Phi) is 5.35. The van der Waals surface area contributed by atoms with Gasteiger partial charge in [-0.15, -0.1) is 0 Å². The number of hydrogen-bond acceptors (Lipinski definition) is 2. The van der Waals surface area contributed by atoms with Gasteiger partial charge >= 0.3 is 5.97 Å². The number of carbonyl (C=O) groups is 2. The monoisotopic (exact) mass is 337 g/mol. The Morgan fingerprint density at radius 2 is 1.83 bits per heavy atom. The molecular formula is C18H24ClNO3. The van der Waals surface area contributed by atoms with E-state index in [0.717, 1.165) is 12.0 Å². The number of aliphatic carboxylic acids is 1. The molecule has 1 fully saturated rings. The number of nitrogens with zero attached hydrogens (tertiary/aromatic N) is 1. The molecule has 5 heteroatoms. The number of rotatable bonds is 6. The predicted octanol–water partition coefficient (Wildman–Crippen LogP) is 3.94. The number of benzene rings is 1. The van der Waals surface area contributed by atoms with Gasteiger partial charge in [-0.3, -0.25) is 9.59 Å². The van der Waals surface area contributed by atoms with Gasteiger partial charge < -0.3 is 10.0 Å². The van der Waals surface area contributed by atoms with E-state index in [0.29, 0.717) is 17.9 Å². The second-order valence-electron chi connectivity index (χ2n) is 6.70. The third kappa shape index (κ3) is 3.69. The highest BCUT2D eigenvalue weighted by Crippen LogP contribution is 2.44. The number of hydrogen-bond donors (Lipinski definition) is 1. The minimum atomic E-state index is -0.844. The van der Waals surface area contributed by atoms with E-state index < -0.39 is 11.4 Å². The average molecular weight is 338 g/mol. The Balaban J connectivity index is 2.03. The van der Waals surface area contributed by atoms with Crippen LogP contribution in [0.1, 0.15) is 51.0 Å². The third-order valence-electron chi connectivity index (χ3n) is 5.38. The summed E-state index contributed by atoms with van der Waals surface area (Å²) in [6.07, 6.45) is 2.18. The van der Waals surface area contributed by atoms with Crippen LogP contribution in [0.4, 0.5) is 0 Å². The summed E-state index contributed by atoms with van der Waals surface area (Å²) >= 11 is 5.91. The maximum absolute atomic E-state index is 12.5. The Morgan fingerprint density at radius 1 is 1.26 bits per heavy atom. The molecule has 2 rings (SSSR count). The Bertz CT molecular complexity index is 580. The van der Waals surface area contributed by atoms with E-state index in [1.807, 2.05) is 31.2 Å². The number of likely N-dealkylation sites (N-methyl/N-ethyl adjacent to an activating group) is 1. The third-order valence-corrected chi connectivity index (χ3v) is 5.63. The molecule has 0 aliphatic heterocycles. The van der Waals surface area contributed by atoms with Gasteiger partial charge in [0.15, 0.2) is 0 Å². The molecular weight excluding hydrogens is 314 g/mol. The standard InChI is InChI=1S/C18H24ClNO3/c1-12(14-5-7-15(19)8-6-14)13(2)20(3)16(21)11-18(17(22)23)9-4-10-18/h5-8,12-13H,4,9-11H2,1-3H3,(H,22,23). The maximum Gasteiger partial charge on any atom is 0.310 e. The molecule has 0 heterocycles. The van der Waals surface area contributed by atoms with Gasteiger partial charge in [-0.2, -0.15) is 0 Å². The Morgan fingerprint density at radius 3 is 2.26 bits per heavy atom. The molecule has 126 valence electrons. The zero-order chi connectivity index (χ0) is 17.2. The summed E-state index contributed by atoms with van der Waals surface area (Å²) in [6, 6.07) is 7.60.